The molecule has 0 fully saturated rings. The first kappa shape index (κ1) is 15.1. The van der Waals surface area contributed by atoms with Crippen LogP contribution in [0.4, 0.5) is 0 Å². The van der Waals surface area contributed by atoms with E-state index in [4.69, 9.17) is 0 Å². The summed E-state index contributed by atoms with van der Waals surface area (Å²) in [6.07, 6.45) is 0. The zero-order valence-electron chi connectivity index (χ0n) is 13.2. The van der Waals surface area contributed by atoms with E-state index in [0.717, 1.165) is 22.2 Å². The zero-order valence-corrected chi connectivity index (χ0v) is 13.2. The summed E-state index contributed by atoms with van der Waals surface area (Å²) in [5.41, 5.74) is 3.70. The van der Waals surface area contributed by atoms with Crippen LogP contribution in [0, 0.1) is 0 Å². The molecule has 0 spiro atoms. The smallest absolute Gasteiger partial charge is 0.326 e. The lowest BCUT2D eigenvalue weighted by molar-refractivity contribution is -0.119. The third kappa shape index (κ3) is 3.18. The highest BCUT2D eigenvalue weighted by atomic mass is 16.1. The number of benzene rings is 2. The minimum Gasteiger partial charge on any atom is -0.350 e. The van der Waals surface area contributed by atoms with E-state index >= 15 is 0 Å². The maximum Gasteiger partial charge on any atom is 0.326 e. The normalized spacial score (nSPS) is 12.3. The predicted octanol–water partition coefficient (Wildman–Crippen LogP) is 2.58. The van der Waals surface area contributed by atoms with Gasteiger partial charge in [0.05, 0.1) is 23.6 Å². The van der Waals surface area contributed by atoms with Crippen LogP contribution in [-0.2, 0) is 11.3 Å². The van der Waals surface area contributed by atoms with Crippen LogP contribution in [0.5, 0.6) is 0 Å². The molecule has 2 aromatic carbocycles. The number of rotatable bonds is 4. The van der Waals surface area contributed by atoms with Crippen molar-refractivity contribution in [3.8, 4) is 0 Å². The largest absolute Gasteiger partial charge is 0.350 e. The molecule has 3 rings (SSSR count). The van der Waals surface area contributed by atoms with E-state index in [0.29, 0.717) is 6.54 Å². The SMILES string of the molecule is CC(=O)NC(C)c1ccc(Cn2c(=O)[nH]c3ccccc32)cc1. The molecular weight excluding hydrogens is 290 g/mol. The average Bonchev–Trinajstić information content (AvgIpc) is 2.83. The van der Waals surface area contributed by atoms with E-state index in [1.165, 1.54) is 6.92 Å². The van der Waals surface area contributed by atoms with Gasteiger partial charge in [-0.1, -0.05) is 36.4 Å². The van der Waals surface area contributed by atoms with E-state index in [1.54, 1.807) is 4.57 Å². The van der Waals surface area contributed by atoms with Crippen LogP contribution in [0.25, 0.3) is 11.0 Å². The van der Waals surface area contributed by atoms with Gasteiger partial charge in [0, 0.05) is 6.92 Å². The molecule has 5 heteroatoms. The van der Waals surface area contributed by atoms with Crippen LogP contribution in [0.1, 0.15) is 31.0 Å². The molecule has 1 atom stereocenters. The van der Waals surface area contributed by atoms with Crippen LogP contribution < -0.4 is 11.0 Å². The van der Waals surface area contributed by atoms with Gasteiger partial charge in [-0.3, -0.25) is 9.36 Å². The molecule has 2 N–H and O–H groups in total. The molecule has 0 aliphatic heterocycles. The molecule has 0 aliphatic carbocycles. The summed E-state index contributed by atoms with van der Waals surface area (Å²) in [6, 6.07) is 15.6. The Hall–Kier alpha value is -2.82. The van der Waals surface area contributed by atoms with Crippen LogP contribution in [0.3, 0.4) is 0 Å². The lowest BCUT2D eigenvalue weighted by atomic mass is 10.1. The molecule has 0 saturated heterocycles. The van der Waals surface area contributed by atoms with Crippen LogP contribution in [0.15, 0.2) is 53.3 Å². The van der Waals surface area contributed by atoms with Gasteiger partial charge in [-0.25, -0.2) is 4.79 Å². The van der Waals surface area contributed by atoms with Gasteiger partial charge in [-0.05, 0) is 30.2 Å². The summed E-state index contributed by atoms with van der Waals surface area (Å²) >= 11 is 0. The number of H-pyrrole nitrogens is 1. The van der Waals surface area contributed by atoms with Gasteiger partial charge < -0.3 is 10.3 Å². The fourth-order valence-corrected chi connectivity index (χ4v) is 2.75. The van der Waals surface area contributed by atoms with Gasteiger partial charge in [0.25, 0.3) is 0 Å². The number of aromatic amines is 1. The van der Waals surface area contributed by atoms with E-state index < -0.39 is 0 Å². The summed E-state index contributed by atoms with van der Waals surface area (Å²) < 4.78 is 1.72. The number of amides is 1. The molecule has 5 nitrogen and oxygen atoms in total. The lowest BCUT2D eigenvalue weighted by Gasteiger charge is -2.13. The Bertz CT molecular complexity index is 891. The molecular formula is C18H19N3O2. The van der Waals surface area contributed by atoms with Gasteiger partial charge in [0.1, 0.15) is 0 Å². The Morgan fingerprint density at radius 1 is 1.17 bits per heavy atom. The second-order valence-corrected chi connectivity index (χ2v) is 5.70. The van der Waals surface area contributed by atoms with Crippen molar-refractivity contribution >= 4 is 16.9 Å². The summed E-state index contributed by atoms with van der Waals surface area (Å²) in [7, 11) is 0. The average molecular weight is 309 g/mol. The Morgan fingerprint density at radius 2 is 1.87 bits per heavy atom. The lowest BCUT2D eigenvalue weighted by Crippen LogP contribution is -2.23. The maximum absolute atomic E-state index is 12.1. The highest BCUT2D eigenvalue weighted by molar-refractivity contribution is 5.75. The first-order valence-electron chi connectivity index (χ1n) is 7.58. The van der Waals surface area contributed by atoms with Crippen LogP contribution in [0.2, 0.25) is 0 Å². The quantitative estimate of drug-likeness (QED) is 0.778. The number of aromatic nitrogens is 2. The van der Waals surface area contributed by atoms with Crippen molar-refractivity contribution in [2.45, 2.75) is 26.4 Å². The molecule has 0 aliphatic rings. The first-order chi connectivity index (χ1) is 11.0. The van der Waals surface area contributed by atoms with Crippen molar-refractivity contribution in [1.82, 2.24) is 14.9 Å². The summed E-state index contributed by atoms with van der Waals surface area (Å²) in [5.74, 6) is -0.0491. The minimum atomic E-state index is -0.109. The topological polar surface area (TPSA) is 66.9 Å². The maximum atomic E-state index is 12.1. The minimum absolute atomic E-state index is 0.0302. The highest BCUT2D eigenvalue weighted by Crippen LogP contribution is 2.15. The number of hydrogen-bond donors (Lipinski definition) is 2. The summed E-state index contributed by atoms with van der Waals surface area (Å²) in [6.45, 7) is 3.96. The third-order valence-electron chi connectivity index (χ3n) is 3.92. The second kappa shape index (κ2) is 6.12. The monoisotopic (exact) mass is 309 g/mol. The molecule has 0 saturated carbocycles. The standard InChI is InChI=1S/C18H19N3O2/c1-12(19-13(2)22)15-9-7-14(8-10-15)11-21-17-6-4-3-5-16(17)20-18(21)23/h3-10,12H,11H2,1-2H3,(H,19,22)(H,20,23). The predicted molar refractivity (Wildman–Crippen MR) is 90.3 cm³/mol. The fourth-order valence-electron chi connectivity index (χ4n) is 2.75. The molecule has 118 valence electrons. The molecule has 1 aromatic heterocycles. The zero-order chi connectivity index (χ0) is 16.4. The molecule has 23 heavy (non-hydrogen) atoms. The number of hydrogen-bond acceptors (Lipinski definition) is 2. The van der Waals surface area contributed by atoms with E-state index in [9.17, 15) is 9.59 Å². The number of carbonyl (C=O) groups is 1. The molecule has 1 amide bonds. The van der Waals surface area contributed by atoms with Crippen molar-refractivity contribution in [3.63, 3.8) is 0 Å². The number of carbonyl (C=O) groups excluding carboxylic acids is 1. The van der Waals surface area contributed by atoms with Crippen molar-refractivity contribution in [3.05, 3.63) is 70.1 Å². The Labute approximate surface area is 134 Å². The van der Waals surface area contributed by atoms with Crippen LogP contribution >= 0.6 is 0 Å². The van der Waals surface area contributed by atoms with E-state index in [1.807, 2.05) is 55.5 Å². The number of nitrogens with zero attached hydrogens (tertiary/aromatic N) is 1. The molecule has 1 heterocycles. The van der Waals surface area contributed by atoms with Gasteiger partial charge in [-0.15, -0.1) is 0 Å². The van der Waals surface area contributed by atoms with Gasteiger partial charge in [0.2, 0.25) is 5.91 Å². The highest BCUT2D eigenvalue weighted by Gasteiger charge is 2.08. The Kier molecular flexibility index (Phi) is 4.02. The number of nitrogens with one attached hydrogen (secondary N) is 2. The number of fused-ring (bicyclic) bond motifs is 1. The van der Waals surface area contributed by atoms with Crippen molar-refractivity contribution in [2.75, 3.05) is 0 Å². The summed E-state index contributed by atoms with van der Waals surface area (Å²) in [5, 5.41) is 2.86. The van der Waals surface area contributed by atoms with Crippen molar-refractivity contribution in [2.24, 2.45) is 0 Å². The van der Waals surface area contributed by atoms with Crippen molar-refractivity contribution in [1.29, 1.82) is 0 Å². The van der Waals surface area contributed by atoms with Crippen LogP contribution in [-0.4, -0.2) is 15.5 Å². The first-order valence-corrected chi connectivity index (χ1v) is 7.58. The fraction of sp³-hybridized carbons (Fsp3) is 0.222. The van der Waals surface area contributed by atoms with Gasteiger partial charge in [-0.2, -0.15) is 0 Å². The molecule has 0 bridgehead atoms. The third-order valence-corrected chi connectivity index (χ3v) is 3.92. The molecule has 0 radical (unpaired) electrons. The summed E-state index contributed by atoms with van der Waals surface area (Å²) in [4.78, 5) is 26.1. The van der Waals surface area contributed by atoms with Gasteiger partial charge in [0.15, 0.2) is 0 Å². The van der Waals surface area contributed by atoms with E-state index in [-0.39, 0.29) is 17.6 Å². The molecule has 1 unspecified atom stereocenters. The van der Waals surface area contributed by atoms with Crippen molar-refractivity contribution < 1.29 is 4.79 Å². The second-order valence-electron chi connectivity index (χ2n) is 5.70. The van der Waals surface area contributed by atoms with Gasteiger partial charge >= 0.3 is 5.69 Å². The number of para-hydroxylation sites is 2. The van der Waals surface area contributed by atoms with E-state index in [2.05, 4.69) is 10.3 Å². The molecule has 3 aromatic rings. The number of imidazole rings is 1. The Morgan fingerprint density at radius 3 is 2.57 bits per heavy atom. The Balaban J connectivity index is 1.84.